The van der Waals surface area contributed by atoms with Crippen LogP contribution in [-0.4, -0.2) is 31.5 Å². The second-order valence-electron chi connectivity index (χ2n) is 3.00. The standard InChI is InChI=1S/C8H11NO3/c1-11-8(10)9-6-4-5-2-3-7(6)12-5/h2-3,5-7H,4H2,1H3,(H,9,10). The van der Waals surface area contributed by atoms with E-state index in [1.165, 1.54) is 7.11 Å². The van der Waals surface area contributed by atoms with Crippen LogP contribution in [0.15, 0.2) is 12.2 Å². The summed E-state index contributed by atoms with van der Waals surface area (Å²) in [5.41, 5.74) is 0. The number of nitrogens with one attached hydrogen (secondary N) is 1. The van der Waals surface area contributed by atoms with Crippen LogP contribution in [0.2, 0.25) is 0 Å². The predicted molar refractivity (Wildman–Crippen MR) is 41.7 cm³/mol. The number of amides is 1. The number of ether oxygens (including phenoxy) is 2. The Hall–Kier alpha value is -1.03. The summed E-state index contributed by atoms with van der Waals surface area (Å²) < 4.78 is 9.94. The van der Waals surface area contributed by atoms with Gasteiger partial charge in [-0.1, -0.05) is 12.2 Å². The molecule has 4 heteroatoms. The molecule has 2 bridgehead atoms. The smallest absolute Gasteiger partial charge is 0.407 e. The van der Waals surface area contributed by atoms with Gasteiger partial charge >= 0.3 is 6.09 Å². The van der Waals surface area contributed by atoms with Gasteiger partial charge in [-0.3, -0.25) is 0 Å². The van der Waals surface area contributed by atoms with Crippen LogP contribution in [0.3, 0.4) is 0 Å². The van der Waals surface area contributed by atoms with Crippen molar-refractivity contribution >= 4 is 6.09 Å². The Labute approximate surface area is 70.5 Å². The molecule has 2 heterocycles. The first-order valence-electron chi connectivity index (χ1n) is 3.98. The van der Waals surface area contributed by atoms with Crippen LogP contribution in [0.25, 0.3) is 0 Å². The second-order valence-corrected chi connectivity index (χ2v) is 3.00. The number of carbonyl (C=O) groups excluding carboxylic acids is 1. The maximum atomic E-state index is 10.8. The van der Waals surface area contributed by atoms with Crippen LogP contribution in [0.4, 0.5) is 4.79 Å². The molecule has 0 aromatic carbocycles. The van der Waals surface area contributed by atoms with Crippen molar-refractivity contribution in [3.63, 3.8) is 0 Å². The van der Waals surface area contributed by atoms with Crippen molar-refractivity contribution in [1.29, 1.82) is 0 Å². The maximum absolute atomic E-state index is 10.8. The van der Waals surface area contributed by atoms with E-state index in [4.69, 9.17) is 4.74 Å². The summed E-state index contributed by atoms with van der Waals surface area (Å²) in [5, 5.41) is 2.72. The lowest BCUT2D eigenvalue weighted by atomic mass is 10.0. The van der Waals surface area contributed by atoms with Crippen LogP contribution < -0.4 is 5.32 Å². The van der Waals surface area contributed by atoms with Gasteiger partial charge in [0.2, 0.25) is 0 Å². The fraction of sp³-hybridized carbons (Fsp3) is 0.625. The average molecular weight is 169 g/mol. The first kappa shape index (κ1) is 7.61. The molecule has 12 heavy (non-hydrogen) atoms. The van der Waals surface area contributed by atoms with E-state index in [2.05, 4.69) is 10.1 Å². The molecular weight excluding hydrogens is 158 g/mol. The van der Waals surface area contributed by atoms with Gasteiger partial charge in [-0.05, 0) is 0 Å². The van der Waals surface area contributed by atoms with E-state index in [-0.39, 0.29) is 24.3 Å². The zero-order valence-electron chi connectivity index (χ0n) is 6.82. The van der Waals surface area contributed by atoms with Crippen molar-refractivity contribution in [3.8, 4) is 0 Å². The number of fused-ring (bicyclic) bond motifs is 2. The largest absolute Gasteiger partial charge is 0.453 e. The maximum Gasteiger partial charge on any atom is 0.407 e. The van der Waals surface area contributed by atoms with E-state index in [0.29, 0.717) is 0 Å². The molecule has 2 aliphatic heterocycles. The van der Waals surface area contributed by atoms with Crippen molar-refractivity contribution in [2.45, 2.75) is 24.7 Å². The Morgan fingerprint density at radius 2 is 2.50 bits per heavy atom. The molecule has 1 fully saturated rings. The zero-order chi connectivity index (χ0) is 8.55. The van der Waals surface area contributed by atoms with E-state index in [9.17, 15) is 4.79 Å². The van der Waals surface area contributed by atoms with E-state index >= 15 is 0 Å². The van der Waals surface area contributed by atoms with Crippen LogP contribution in [-0.2, 0) is 9.47 Å². The topological polar surface area (TPSA) is 47.6 Å². The van der Waals surface area contributed by atoms with Gasteiger partial charge in [0.1, 0.15) is 0 Å². The van der Waals surface area contributed by atoms with Gasteiger partial charge in [0.15, 0.2) is 0 Å². The summed E-state index contributed by atoms with van der Waals surface area (Å²) in [4.78, 5) is 10.8. The lowest BCUT2D eigenvalue weighted by molar-refractivity contribution is 0.110. The third kappa shape index (κ3) is 1.18. The van der Waals surface area contributed by atoms with Gasteiger partial charge in [0.25, 0.3) is 0 Å². The van der Waals surface area contributed by atoms with Crippen molar-refractivity contribution in [1.82, 2.24) is 5.32 Å². The SMILES string of the molecule is COC(=O)NC1CC2C=CC1O2. The highest BCUT2D eigenvalue weighted by atomic mass is 16.5. The molecule has 1 saturated heterocycles. The number of rotatable bonds is 1. The highest BCUT2D eigenvalue weighted by molar-refractivity contribution is 5.67. The molecule has 0 saturated carbocycles. The Bertz CT molecular complexity index is 226. The lowest BCUT2D eigenvalue weighted by Crippen LogP contribution is -2.40. The quantitative estimate of drug-likeness (QED) is 0.579. The molecule has 3 unspecified atom stereocenters. The van der Waals surface area contributed by atoms with E-state index in [1.54, 1.807) is 0 Å². The van der Waals surface area contributed by atoms with Gasteiger partial charge < -0.3 is 14.8 Å². The Kier molecular flexibility index (Phi) is 1.77. The van der Waals surface area contributed by atoms with Crippen molar-refractivity contribution < 1.29 is 14.3 Å². The molecule has 66 valence electrons. The molecule has 1 amide bonds. The van der Waals surface area contributed by atoms with Gasteiger partial charge in [-0.2, -0.15) is 0 Å². The van der Waals surface area contributed by atoms with Gasteiger partial charge in [-0.15, -0.1) is 0 Å². The Morgan fingerprint density at radius 1 is 1.67 bits per heavy atom. The molecule has 3 atom stereocenters. The molecule has 4 nitrogen and oxygen atoms in total. The first-order valence-corrected chi connectivity index (χ1v) is 3.98. The van der Waals surface area contributed by atoms with Crippen LogP contribution in [0.1, 0.15) is 6.42 Å². The molecule has 0 aliphatic carbocycles. The Balaban J connectivity index is 1.91. The fourth-order valence-corrected chi connectivity index (χ4v) is 1.62. The molecule has 0 radical (unpaired) electrons. The molecule has 1 N–H and O–H groups in total. The van der Waals surface area contributed by atoms with Gasteiger partial charge in [0, 0.05) is 6.42 Å². The molecular formula is C8H11NO3. The third-order valence-electron chi connectivity index (χ3n) is 2.22. The monoisotopic (exact) mass is 169 g/mol. The summed E-state index contributed by atoms with van der Waals surface area (Å²) in [6, 6.07) is 0.0902. The normalized spacial score (nSPS) is 36.9. The number of hydrogen-bond acceptors (Lipinski definition) is 3. The minimum atomic E-state index is -0.385. The molecule has 0 aromatic rings. The van der Waals surface area contributed by atoms with Gasteiger partial charge in [-0.25, -0.2) is 4.79 Å². The number of methoxy groups -OCH3 is 1. The highest BCUT2D eigenvalue weighted by Gasteiger charge is 2.37. The molecule has 2 aliphatic rings. The minimum absolute atomic E-state index is 0.0501. The lowest BCUT2D eigenvalue weighted by Gasteiger charge is -2.15. The zero-order valence-corrected chi connectivity index (χ0v) is 6.82. The van der Waals surface area contributed by atoms with Crippen molar-refractivity contribution in [3.05, 3.63) is 12.2 Å². The first-order chi connectivity index (χ1) is 5.79. The summed E-state index contributed by atoms with van der Waals surface area (Å²) in [7, 11) is 1.36. The number of carbonyl (C=O) groups is 1. The number of hydrogen-bond donors (Lipinski definition) is 1. The van der Waals surface area contributed by atoms with Crippen molar-refractivity contribution in [2.75, 3.05) is 7.11 Å². The molecule has 0 aromatic heterocycles. The van der Waals surface area contributed by atoms with Gasteiger partial charge in [0.05, 0.1) is 25.4 Å². The molecule has 0 spiro atoms. The summed E-state index contributed by atoms with van der Waals surface area (Å²) in [6.45, 7) is 0. The minimum Gasteiger partial charge on any atom is -0.453 e. The highest BCUT2D eigenvalue weighted by Crippen LogP contribution is 2.28. The van der Waals surface area contributed by atoms with E-state index in [0.717, 1.165) is 6.42 Å². The second kappa shape index (κ2) is 2.79. The van der Waals surface area contributed by atoms with E-state index < -0.39 is 0 Å². The van der Waals surface area contributed by atoms with Crippen LogP contribution in [0, 0.1) is 0 Å². The van der Waals surface area contributed by atoms with Crippen molar-refractivity contribution in [2.24, 2.45) is 0 Å². The van der Waals surface area contributed by atoms with E-state index in [1.807, 2.05) is 12.2 Å². The predicted octanol–water partition coefficient (Wildman–Crippen LogP) is 0.438. The summed E-state index contributed by atoms with van der Waals surface area (Å²) in [5.74, 6) is 0. The third-order valence-corrected chi connectivity index (χ3v) is 2.22. The number of alkyl carbamates (subject to hydrolysis) is 1. The summed E-state index contributed by atoms with van der Waals surface area (Å²) in [6.07, 6.45) is 4.72. The molecule has 2 rings (SSSR count). The van der Waals surface area contributed by atoms with Crippen LogP contribution >= 0.6 is 0 Å². The Morgan fingerprint density at radius 3 is 3.00 bits per heavy atom. The fourth-order valence-electron chi connectivity index (χ4n) is 1.62. The average Bonchev–Trinajstić information content (AvgIpc) is 2.64. The van der Waals surface area contributed by atoms with Crippen LogP contribution in [0.5, 0.6) is 0 Å². The summed E-state index contributed by atoms with van der Waals surface area (Å²) >= 11 is 0.